The number of hydrogen-bond acceptors (Lipinski definition) is 7. The van der Waals surface area contributed by atoms with E-state index in [1.165, 1.54) is 0 Å². The highest BCUT2D eigenvalue weighted by molar-refractivity contribution is 5.80. The molecule has 0 aromatic heterocycles. The molecule has 3 aliphatic rings. The summed E-state index contributed by atoms with van der Waals surface area (Å²) in [5, 5.41) is 0. The minimum atomic E-state index is -0.748. The Balaban J connectivity index is 1.37. The Morgan fingerprint density at radius 2 is 1.64 bits per heavy atom. The third-order valence-corrected chi connectivity index (χ3v) is 6.36. The molecule has 176 valence electrons. The molecule has 1 unspecified atom stereocenters. The Bertz CT molecular complexity index is 952. The fourth-order valence-electron chi connectivity index (χ4n) is 4.90. The number of benzene rings is 2. The lowest BCUT2D eigenvalue weighted by atomic mass is 10.1. The molecule has 2 aromatic carbocycles. The van der Waals surface area contributed by atoms with Gasteiger partial charge in [0.15, 0.2) is 12.1 Å². The van der Waals surface area contributed by atoms with E-state index < -0.39 is 12.1 Å². The number of esters is 1. The summed E-state index contributed by atoms with van der Waals surface area (Å²) in [6, 6.07) is 19.5. The van der Waals surface area contributed by atoms with Crippen LogP contribution < -0.4 is 0 Å². The Hall–Kier alpha value is -2.29. The normalized spacial score (nSPS) is 34.1. The maximum Gasteiger partial charge on any atom is 0.325 e. The first-order valence-electron chi connectivity index (χ1n) is 11.6. The number of carbonyl (C=O) groups excluding carboxylic acids is 1. The summed E-state index contributed by atoms with van der Waals surface area (Å²) in [7, 11) is 0. The fraction of sp³-hybridized carbons (Fsp3) is 0.500. The van der Waals surface area contributed by atoms with Gasteiger partial charge in [-0.05, 0) is 31.9 Å². The monoisotopic (exact) mass is 453 g/mol. The summed E-state index contributed by atoms with van der Waals surface area (Å²) in [6.07, 6.45) is -1.65. The molecule has 0 N–H and O–H groups in total. The Morgan fingerprint density at radius 3 is 2.30 bits per heavy atom. The molecule has 0 amide bonds. The molecule has 7 nitrogen and oxygen atoms in total. The van der Waals surface area contributed by atoms with Gasteiger partial charge in [-0.2, -0.15) is 0 Å². The van der Waals surface area contributed by atoms with Crippen LogP contribution in [0, 0.1) is 0 Å². The van der Waals surface area contributed by atoms with Crippen molar-refractivity contribution < 1.29 is 28.5 Å². The van der Waals surface area contributed by atoms with Gasteiger partial charge in [-0.25, -0.2) is 0 Å². The molecule has 0 aliphatic carbocycles. The van der Waals surface area contributed by atoms with Crippen LogP contribution in [0.4, 0.5) is 0 Å². The molecule has 3 aliphatic heterocycles. The standard InChI is InChI=1S/C26H31NO6/c1-4-29-24(28)20-19(27(20)15-17-11-7-5-8-12-17)21-22(30-16-18-13-9-6-10-14-18)23-25(31-21)33-26(2,3)32-23/h5-14,19-23,25H,4,15-16H2,1-3H3/t19-,20+,21+,22-,23+,25+,27?/m0/s1. The largest absolute Gasteiger partial charge is 0.465 e. The highest BCUT2D eigenvalue weighted by Gasteiger charge is 2.66. The van der Waals surface area contributed by atoms with Crippen LogP contribution in [0.5, 0.6) is 0 Å². The minimum absolute atomic E-state index is 0.175. The topological polar surface area (TPSA) is 66.2 Å². The number of nitrogens with zero attached hydrogens (tertiary/aromatic N) is 1. The molecular formula is C26H31NO6. The summed E-state index contributed by atoms with van der Waals surface area (Å²) in [6.45, 7) is 6.96. The molecule has 0 bridgehead atoms. The van der Waals surface area contributed by atoms with Gasteiger partial charge in [0.05, 0.1) is 19.3 Å². The van der Waals surface area contributed by atoms with Gasteiger partial charge >= 0.3 is 5.97 Å². The predicted molar refractivity (Wildman–Crippen MR) is 120 cm³/mol. The van der Waals surface area contributed by atoms with Crippen LogP contribution in [0.2, 0.25) is 0 Å². The van der Waals surface area contributed by atoms with Gasteiger partial charge < -0.3 is 23.7 Å². The van der Waals surface area contributed by atoms with Crippen LogP contribution in [-0.4, -0.2) is 59.9 Å². The van der Waals surface area contributed by atoms with Crippen LogP contribution in [0.1, 0.15) is 31.9 Å². The first kappa shape index (κ1) is 22.5. The Morgan fingerprint density at radius 1 is 0.970 bits per heavy atom. The van der Waals surface area contributed by atoms with E-state index >= 15 is 0 Å². The molecule has 7 atom stereocenters. The van der Waals surface area contributed by atoms with E-state index in [0.717, 1.165) is 11.1 Å². The van der Waals surface area contributed by atoms with E-state index in [4.69, 9.17) is 23.7 Å². The van der Waals surface area contributed by atoms with E-state index in [0.29, 0.717) is 19.8 Å². The van der Waals surface area contributed by atoms with Crippen molar-refractivity contribution in [1.82, 2.24) is 4.90 Å². The van der Waals surface area contributed by atoms with Gasteiger partial charge in [0.2, 0.25) is 0 Å². The van der Waals surface area contributed by atoms with Gasteiger partial charge in [0, 0.05) is 6.54 Å². The maximum absolute atomic E-state index is 12.8. The average molecular weight is 454 g/mol. The zero-order chi connectivity index (χ0) is 23.0. The van der Waals surface area contributed by atoms with Crippen molar-refractivity contribution in [2.45, 2.75) is 76.4 Å². The first-order valence-corrected chi connectivity index (χ1v) is 11.6. The van der Waals surface area contributed by atoms with Crippen molar-refractivity contribution in [1.29, 1.82) is 0 Å². The van der Waals surface area contributed by atoms with Gasteiger partial charge in [-0.15, -0.1) is 0 Å². The van der Waals surface area contributed by atoms with Crippen molar-refractivity contribution in [2.24, 2.45) is 0 Å². The average Bonchev–Trinajstić information content (AvgIpc) is 3.29. The lowest BCUT2D eigenvalue weighted by Crippen LogP contribution is -2.40. The van der Waals surface area contributed by atoms with E-state index in [9.17, 15) is 4.79 Å². The molecular weight excluding hydrogens is 422 g/mol. The number of hydrogen-bond donors (Lipinski definition) is 0. The third-order valence-electron chi connectivity index (χ3n) is 6.36. The second-order valence-electron chi connectivity index (χ2n) is 9.18. The van der Waals surface area contributed by atoms with Crippen molar-refractivity contribution >= 4 is 5.97 Å². The van der Waals surface area contributed by atoms with E-state index in [1.807, 2.05) is 69.3 Å². The van der Waals surface area contributed by atoms with Gasteiger partial charge in [-0.3, -0.25) is 9.69 Å². The summed E-state index contributed by atoms with van der Waals surface area (Å²) in [5.41, 5.74) is 2.19. The maximum atomic E-state index is 12.8. The molecule has 0 saturated carbocycles. The molecule has 0 spiro atoms. The van der Waals surface area contributed by atoms with Crippen molar-refractivity contribution in [2.75, 3.05) is 6.61 Å². The van der Waals surface area contributed by atoms with Crippen molar-refractivity contribution in [3.63, 3.8) is 0 Å². The van der Waals surface area contributed by atoms with Crippen LogP contribution >= 0.6 is 0 Å². The molecule has 7 heteroatoms. The zero-order valence-corrected chi connectivity index (χ0v) is 19.3. The quantitative estimate of drug-likeness (QED) is 0.449. The van der Waals surface area contributed by atoms with Crippen LogP contribution in [0.3, 0.4) is 0 Å². The predicted octanol–water partition coefficient (Wildman–Crippen LogP) is 3.26. The van der Waals surface area contributed by atoms with Gasteiger partial charge in [-0.1, -0.05) is 60.7 Å². The number of carbonyl (C=O) groups is 1. The minimum Gasteiger partial charge on any atom is -0.465 e. The number of ether oxygens (including phenoxy) is 5. The summed E-state index contributed by atoms with van der Waals surface area (Å²) < 4.78 is 30.3. The SMILES string of the molecule is CCOC(=O)[C@H]1[C@@H]([C@H]2O[C@@H]3OC(C)(C)O[C@@H]3[C@H]2OCc2ccccc2)N1Cc1ccccc1. The number of fused-ring (bicyclic) bond motifs is 1. The second kappa shape index (κ2) is 9.16. The molecule has 3 heterocycles. The smallest absolute Gasteiger partial charge is 0.325 e. The molecule has 3 fully saturated rings. The van der Waals surface area contributed by atoms with Crippen LogP contribution in [0.25, 0.3) is 0 Å². The lowest BCUT2D eigenvalue weighted by Gasteiger charge is -2.26. The fourth-order valence-corrected chi connectivity index (χ4v) is 4.90. The summed E-state index contributed by atoms with van der Waals surface area (Å²) >= 11 is 0. The molecule has 33 heavy (non-hydrogen) atoms. The molecule has 2 aromatic rings. The van der Waals surface area contributed by atoms with E-state index in [2.05, 4.69) is 17.0 Å². The lowest BCUT2D eigenvalue weighted by molar-refractivity contribution is -0.220. The molecule has 5 rings (SSSR count). The zero-order valence-electron chi connectivity index (χ0n) is 19.3. The first-order chi connectivity index (χ1) is 16.0. The van der Waals surface area contributed by atoms with Crippen molar-refractivity contribution in [3.05, 3.63) is 71.8 Å². The Labute approximate surface area is 194 Å². The number of rotatable bonds is 8. The van der Waals surface area contributed by atoms with Gasteiger partial charge in [0.1, 0.15) is 24.4 Å². The van der Waals surface area contributed by atoms with Gasteiger partial charge in [0.25, 0.3) is 0 Å². The van der Waals surface area contributed by atoms with Crippen molar-refractivity contribution in [3.8, 4) is 0 Å². The van der Waals surface area contributed by atoms with Crippen LogP contribution in [0.15, 0.2) is 60.7 Å². The highest BCUT2D eigenvalue weighted by atomic mass is 16.8. The van der Waals surface area contributed by atoms with Crippen LogP contribution in [-0.2, 0) is 41.6 Å². The molecule has 3 saturated heterocycles. The third kappa shape index (κ3) is 4.69. The summed E-state index contributed by atoms with van der Waals surface area (Å²) in [5.74, 6) is -0.981. The second-order valence-corrected chi connectivity index (χ2v) is 9.18. The summed E-state index contributed by atoms with van der Waals surface area (Å²) in [4.78, 5) is 14.9. The van der Waals surface area contributed by atoms with E-state index in [1.54, 1.807) is 0 Å². The molecule has 0 radical (unpaired) electrons. The van der Waals surface area contributed by atoms with E-state index in [-0.39, 0.29) is 36.4 Å². The highest BCUT2D eigenvalue weighted by Crippen LogP contribution is 2.46. The Kier molecular flexibility index (Phi) is 6.24.